The van der Waals surface area contributed by atoms with Crippen LogP contribution in [0.3, 0.4) is 0 Å². The van der Waals surface area contributed by atoms with E-state index in [4.69, 9.17) is 20.9 Å². The van der Waals surface area contributed by atoms with Gasteiger partial charge in [-0.3, -0.25) is 62.3 Å². The Hall–Kier alpha value is -12.1. The number of aromatic nitrogens is 2. The molecule has 6 rings (SSSR count). The van der Waals surface area contributed by atoms with Gasteiger partial charge in [0.1, 0.15) is 65.4 Å². The van der Waals surface area contributed by atoms with Crippen LogP contribution in [0.25, 0.3) is 22.3 Å². The lowest BCUT2D eigenvalue weighted by Gasteiger charge is -2.34. The van der Waals surface area contributed by atoms with E-state index in [9.17, 15) is 87.9 Å². The van der Waals surface area contributed by atoms with Gasteiger partial charge in [-0.15, -0.1) is 0 Å². The molecule has 0 saturated carbocycles. The molecule has 0 aliphatic carbocycles. The number of ether oxygens (including phenoxy) is 2. The number of amides is 11. The summed E-state index contributed by atoms with van der Waals surface area (Å²) in [5.74, 6) is -14.2. The number of aliphatic carboxylic acids is 2. The number of benzene rings is 5. The van der Waals surface area contributed by atoms with E-state index in [-0.39, 0.29) is 19.3 Å². The number of carboxylic acid groups (broad SMARTS) is 2. The van der Waals surface area contributed by atoms with E-state index in [0.29, 0.717) is 45.0 Å². The SMILES string of the molecule is COc1ccc(OC)c(-c2ccc(C[C@H](NC(=O)[C@H](CC(=O)O)NC(=O)[C@H](CO)NC(=O)[C@@H](NC(=O)[C@](C)(Cc3ccccc3)NC(=O)[C@@H](NC(=O)CNC(=O)[C@H](CCC(=O)O)NC(=O)[C@H](C)NC(=O)[C@@H](N)Cc3cnc[nH]3)[C@@H](C)O)[C@@H](C)O)C(=O)N[C@@H](Cc3ccc(-c4ccccc4C)cc3)C(N)=O)cc2)c1. The third-order valence-electron chi connectivity index (χ3n) is 17.3. The molecule has 34 nitrogen and oxygen atoms in total. The molecule has 108 heavy (non-hydrogen) atoms. The monoisotopic (exact) mass is 1500 g/mol. The number of nitrogens with zero attached hydrogens (tertiary/aromatic N) is 1. The van der Waals surface area contributed by atoms with Gasteiger partial charge in [0.15, 0.2) is 0 Å². The van der Waals surface area contributed by atoms with Crippen LogP contribution >= 0.6 is 0 Å². The second-order valence-electron chi connectivity index (χ2n) is 25.9. The highest BCUT2D eigenvalue weighted by atomic mass is 16.5. The molecule has 578 valence electrons. The first kappa shape index (κ1) is 84.8. The topological polar surface area (TPSA) is 543 Å². The lowest BCUT2D eigenvalue weighted by atomic mass is 9.90. The van der Waals surface area contributed by atoms with Gasteiger partial charge in [0, 0.05) is 49.6 Å². The number of imidazole rings is 1. The average molecular weight is 1500 g/mol. The van der Waals surface area contributed by atoms with Crippen LogP contribution in [0.5, 0.6) is 11.5 Å². The summed E-state index contributed by atoms with van der Waals surface area (Å²) >= 11 is 0. The summed E-state index contributed by atoms with van der Waals surface area (Å²) in [6, 6.07) is 19.5. The molecule has 1 heterocycles. The molecule has 6 aromatic rings. The molecule has 34 heteroatoms. The average Bonchev–Trinajstić information content (AvgIpc) is 0.859. The summed E-state index contributed by atoms with van der Waals surface area (Å²) in [4.78, 5) is 183. The van der Waals surface area contributed by atoms with Crippen molar-refractivity contribution in [2.75, 3.05) is 27.4 Å². The van der Waals surface area contributed by atoms with E-state index in [1.54, 1.807) is 84.9 Å². The quantitative estimate of drug-likeness (QED) is 0.0200. The Labute approximate surface area is 621 Å². The van der Waals surface area contributed by atoms with Gasteiger partial charge in [0.2, 0.25) is 65.0 Å². The lowest BCUT2D eigenvalue weighted by molar-refractivity contribution is -0.142. The fraction of sp³-hybridized carbons (Fsp3) is 0.378. The Balaban J connectivity index is 1.16. The number of methoxy groups -OCH3 is 2. The molecule has 5 aromatic carbocycles. The number of nitrogens with one attached hydrogen (secondary N) is 11. The first-order valence-electron chi connectivity index (χ1n) is 34.2. The largest absolute Gasteiger partial charge is 0.497 e. The van der Waals surface area contributed by atoms with Gasteiger partial charge in [0.05, 0.1) is 58.4 Å². The van der Waals surface area contributed by atoms with Crippen LogP contribution in [-0.4, -0.2) is 212 Å². The van der Waals surface area contributed by atoms with E-state index in [1.807, 2.05) is 43.3 Å². The zero-order chi connectivity index (χ0) is 79.5. The van der Waals surface area contributed by atoms with Crippen LogP contribution in [0.1, 0.15) is 74.9 Å². The molecule has 0 unspecified atom stereocenters. The minimum absolute atomic E-state index is 0.0310. The predicted molar refractivity (Wildman–Crippen MR) is 389 cm³/mol. The summed E-state index contributed by atoms with van der Waals surface area (Å²) in [5, 5.41) is 75.5. The first-order valence-corrected chi connectivity index (χ1v) is 34.2. The number of aromatic amines is 1. The maximum atomic E-state index is 14.7. The first-order chi connectivity index (χ1) is 51.2. The molecule has 0 spiro atoms. The van der Waals surface area contributed by atoms with Crippen LogP contribution < -0.4 is 74.1 Å². The molecule has 1 aromatic heterocycles. The van der Waals surface area contributed by atoms with Crippen molar-refractivity contribution in [2.24, 2.45) is 11.5 Å². The highest BCUT2D eigenvalue weighted by Crippen LogP contribution is 2.34. The number of aliphatic hydroxyl groups excluding tert-OH is 3. The lowest BCUT2D eigenvalue weighted by Crippen LogP contribution is -2.67. The summed E-state index contributed by atoms with van der Waals surface area (Å²) in [6.07, 6.45) is -3.83. The molecular formula is C74H92N14O20. The van der Waals surface area contributed by atoms with Crippen LogP contribution in [0.2, 0.25) is 0 Å². The standard InChI is InChI=1S/C74H92N14O20/c1-39-13-11-12-16-50(39)46-21-17-43(18-22-46)29-54(64(76)97)82-68(101)55(30-44-19-23-47(24-20-44)51-32-49(107-6)25-27-58(51)108-7)83-69(102)56(33-61(95)96)84-70(103)57(37-89)85-71(104)62(41(3)90)87-73(106)74(5,34-45-14-9-8-10-15-45)88-72(105)63(42(4)91)86-59(92)36-78-67(100)53(26-28-60(93)94)81-65(98)40(2)80-66(99)52(75)31-48-35-77-38-79-48/h8-25,27,32,35,38,40-42,52-57,62-63,89-91H,26,28-31,33-34,36-37,75H2,1-7H3,(H2,76,97)(H,77,79)(H,78,100)(H,80,99)(H,81,98)(H,82,101)(H,83,102)(H,84,103)(H,85,104)(H,86,92)(H,87,106)(H,88,105)(H,93,94)(H,95,96)/t40-,41+,42+,52-,53-,54-,55-,56-,57-,62-,63-,74-/m0/s1. The van der Waals surface area contributed by atoms with Gasteiger partial charge in [-0.25, -0.2) is 4.98 Å². The van der Waals surface area contributed by atoms with Crippen molar-refractivity contribution in [2.45, 2.75) is 152 Å². The molecule has 0 aliphatic heterocycles. The Morgan fingerprint density at radius 2 is 1.11 bits per heavy atom. The number of hydrogen-bond acceptors (Lipinski definition) is 20. The van der Waals surface area contributed by atoms with E-state index in [0.717, 1.165) is 30.5 Å². The summed E-state index contributed by atoms with van der Waals surface area (Å²) in [5.41, 5.74) is 15.8. The Morgan fingerprint density at radius 3 is 1.68 bits per heavy atom. The molecule has 0 radical (unpaired) electrons. The number of aryl methyl sites for hydroxylation is 1. The highest BCUT2D eigenvalue weighted by molar-refractivity contribution is 6.00. The van der Waals surface area contributed by atoms with Crippen molar-refractivity contribution in [1.29, 1.82) is 0 Å². The maximum Gasteiger partial charge on any atom is 0.305 e. The van der Waals surface area contributed by atoms with Crippen molar-refractivity contribution in [3.05, 3.63) is 162 Å². The van der Waals surface area contributed by atoms with Crippen molar-refractivity contribution in [3.63, 3.8) is 0 Å². The Morgan fingerprint density at radius 1 is 0.556 bits per heavy atom. The molecule has 0 fully saturated rings. The van der Waals surface area contributed by atoms with E-state index in [2.05, 4.69) is 63.1 Å². The molecule has 12 atom stereocenters. The van der Waals surface area contributed by atoms with Crippen LogP contribution in [0, 0.1) is 6.92 Å². The van der Waals surface area contributed by atoms with Gasteiger partial charge in [0.25, 0.3) is 0 Å². The predicted octanol–water partition coefficient (Wildman–Crippen LogP) is -1.86. The summed E-state index contributed by atoms with van der Waals surface area (Å²) < 4.78 is 11.0. The number of rotatable bonds is 41. The summed E-state index contributed by atoms with van der Waals surface area (Å²) in [7, 11) is 2.98. The van der Waals surface area contributed by atoms with Crippen LogP contribution in [-0.2, 0) is 88.0 Å². The second kappa shape index (κ2) is 40.4. The number of hydrogen-bond donors (Lipinski definition) is 18. The van der Waals surface area contributed by atoms with Crippen molar-refractivity contribution < 1.29 is 97.3 Å². The molecule has 20 N–H and O–H groups in total. The van der Waals surface area contributed by atoms with Crippen molar-refractivity contribution in [1.82, 2.24) is 63.1 Å². The second-order valence-corrected chi connectivity index (χ2v) is 25.9. The summed E-state index contributed by atoms with van der Waals surface area (Å²) in [6.45, 7) is 4.36. The van der Waals surface area contributed by atoms with Gasteiger partial charge in [-0.1, -0.05) is 103 Å². The molecule has 11 amide bonds. The number of aliphatic hydroxyl groups is 3. The number of carboxylic acids is 2. The van der Waals surface area contributed by atoms with Crippen molar-refractivity contribution >= 4 is 76.9 Å². The highest BCUT2D eigenvalue weighted by Gasteiger charge is 2.42. The fourth-order valence-electron chi connectivity index (χ4n) is 11.2. The third-order valence-corrected chi connectivity index (χ3v) is 17.3. The van der Waals surface area contributed by atoms with Gasteiger partial charge >= 0.3 is 11.9 Å². The zero-order valence-electron chi connectivity index (χ0n) is 60.4. The van der Waals surface area contributed by atoms with Crippen LogP contribution in [0.15, 0.2) is 134 Å². The minimum Gasteiger partial charge on any atom is -0.497 e. The van der Waals surface area contributed by atoms with E-state index >= 15 is 0 Å². The zero-order valence-corrected chi connectivity index (χ0v) is 60.4. The number of carbonyl (C=O) groups is 13. The number of H-pyrrole nitrogens is 1. The van der Waals surface area contributed by atoms with E-state index in [1.165, 1.54) is 40.6 Å². The molecule has 0 aliphatic rings. The molecule has 0 saturated heterocycles. The van der Waals surface area contributed by atoms with Crippen molar-refractivity contribution in [3.8, 4) is 33.8 Å². The molecular weight excluding hydrogens is 1400 g/mol. The normalized spacial score (nSPS) is 14.7. The van der Waals surface area contributed by atoms with Gasteiger partial charge in [-0.05, 0) is 98.2 Å². The number of primary amides is 1. The number of nitrogens with two attached hydrogens (primary N) is 2. The van der Waals surface area contributed by atoms with Gasteiger partial charge in [-0.2, -0.15) is 0 Å². The van der Waals surface area contributed by atoms with E-state index < -0.39 is 188 Å². The van der Waals surface area contributed by atoms with Crippen LogP contribution in [0.4, 0.5) is 0 Å². The Bertz CT molecular complexity index is 4150. The number of carbonyl (C=O) groups excluding carboxylic acids is 11. The van der Waals surface area contributed by atoms with Gasteiger partial charge < -0.3 is 105 Å². The molecule has 0 bridgehead atoms. The Kier molecular flexibility index (Phi) is 31.7. The fourth-order valence-corrected chi connectivity index (χ4v) is 11.2. The maximum absolute atomic E-state index is 14.7. The minimum atomic E-state index is -2.18. The smallest absolute Gasteiger partial charge is 0.305 e. The third kappa shape index (κ3) is 25.3.